The number of amides is 7. The number of nitrogens with zero attached hydrogens (tertiary/aromatic N) is 1. The lowest BCUT2D eigenvalue weighted by Gasteiger charge is -2.27. The molecule has 2 aliphatic rings. The van der Waals surface area contributed by atoms with Gasteiger partial charge in [0.25, 0.3) is 5.91 Å². The van der Waals surface area contributed by atoms with Crippen molar-refractivity contribution in [3.8, 4) is 0 Å². The number of ether oxygens (including phenoxy) is 1. The number of methoxy groups -OCH3 is 1. The number of hydrogen-bond donors (Lipinski definition) is 9. The first-order valence-electron chi connectivity index (χ1n) is 22.7. The summed E-state index contributed by atoms with van der Waals surface area (Å²) in [7, 11) is 2.82. The van der Waals surface area contributed by atoms with Gasteiger partial charge in [-0.05, 0) is 51.2 Å². The number of carboxylic acid groups (broad SMARTS) is 2. The van der Waals surface area contributed by atoms with Crippen LogP contribution in [0.2, 0.25) is 0 Å². The van der Waals surface area contributed by atoms with Crippen LogP contribution in [0.3, 0.4) is 0 Å². The van der Waals surface area contributed by atoms with Gasteiger partial charge < -0.3 is 56.9 Å². The number of hydrogen-bond acceptors (Lipinski definition) is 11. The number of carbonyl (C=O) groups excluding carboxylic acids is 7. The van der Waals surface area contributed by atoms with E-state index < -0.39 is 126 Å². The molecule has 7 amide bonds. The number of likely N-dealkylation sites (N-methyl/N-ethyl adjacent to an activating group) is 1. The van der Waals surface area contributed by atoms with Crippen molar-refractivity contribution in [1.82, 2.24) is 36.8 Å². The van der Waals surface area contributed by atoms with E-state index in [1.165, 1.54) is 53.0 Å². The number of aliphatic hydroxyl groups excluding tert-OH is 1. The molecule has 1 saturated heterocycles. The SMILES string of the molecule is C=C1C(=O)N[C@H](C)C(=O)N[C@@H](CC2=CC[C@@H](O)C=C2)C(=O)N[C@@H](C(=O)O)[C@H](C)C(=O)N[C@@H](C)C(=O)NC(/C=C/C(C)=C/[C@H](C)[C@H](Cc2ccccc2)OC)[C@H](C)C(=O)NC(C(=O)O)CCC(=O)N1C. The largest absolute Gasteiger partial charge is 0.480 e. The number of carbonyl (C=O) groups is 9. The molecule has 0 spiro atoms. The summed E-state index contributed by atoms with van der Waals surface area (Å²) in [6.07, 6.45) is 8.47. The molecule has 1 aromatic carbocycles. The predicted molar refractivity (Wildman–Crippen MR) is 253 cm³/mol. The average molecular weight is 962 g/mol. The molecular weight excluding hydrogens is 895 g/mol. The highest BCUT2D eigenvalue weighted by Gasteiger charge is 2.37. The number of allylic oxidation sites excluding steroid dienone is 3. The summed E-state index contributed by atoms with van der Waals surface area (Å²) in [6, 6.07) is 0.951. The predicted octanol–water partition coefficient (Wildman–Crippen LogP) is 1.18. The highest BCUT2D eigenvalue weighted by molar-refractivity contribution is 6.00. The van der Waals surface area contributed by atoms with Crippen molar-refractivity contribution in [3.05, 3.63) is 95.8 Å². The Morgan fingerprint density at radius 3 is 2.06 bits per heavy atom. The van der Waals surface area contributed by atoms with Crippen molar-refractivity contribution in [1.29, 1.82) is 0 Å². The monoisotopic (exact) mass is 961 g/mol. The Morgan fingerprint density at radius 2 is 1.46 bits per heavy atom. The summed E-state index contributed by atoms with van der Waals surface area (Å²) in [5.41, 5.74) is 1.87. The fourth-order valence-electron chi connectivity index (χ4n) is 7.36. The molecule has 0 saturated carbocycles. The summed E-state index contributed by atoms with van der Waals surface area (Å²) in [5.74, 6) is -12.1. The summed E-state index contributed by atoms with van der Waals surface area (Å²) in [4.78, 5) is 121. The van der Waals surface area contributed by atoms with Crippen molar-refractivity contribution in [3.63, 3.8) is 0 Å². The molecular formula is C49H67N7O13. The Labute approximate surface area is 402 Å². The minimum absolute atomic E-state index is 0.100. The third kappa shape index (κ3) is 17.3. The van der Waals surface area contributed by atoms with Crippen LogP contribution in [0.15, 0.2) is 90.2 Å². The maximum atomic E-state index is 13.9. The van der Waals surface area contributed by atoms with E-state index in [9.17, 15) is 58.5 Å². The van der Waals surface area contributed by atoms with E-state index in [4.69, 9.17) is 4.74 Å². The van der Waals surface area contributed by atoms with Gasteiger partial charge in [-0.2, -0.15) is 0 Å². The molecule has 1 fully saturated rings. The lowest BCUT2D eigenvalue weighted by atomic mass is 9.94. The zero-order valence-electron chi connectivity index (χ0n) is 40.3. The van der Waals surface area contributed by atoms with Gasteiger partial charge in [-0.15, -0.1) is 0 Å². The zero-order chi connectivity index (χ0) is 51.7. The molecule has 376 valence electrons. The van der Waals surface area contributed by atoms with Crippen molar-refractivity contribution < 1.29 is 63.2 Å². The number of aliphatic hydroxyl groups is 1. The first-order chi connectivity index (χ1) is 32.4. The van der Waals surface area contributed by atoms with Gasteiger partial charge in [0.1, 0.15) is 35.9 Å². The van der Waals surface area contributed by atoms with Crippen molar-refractivity contribution in [2.75, 3.05) is 14.2 Å². The molecule has 1 heterocycles. The van der Waals surface area contributed by atoms with Crippen molar-refractivity contribution in [2.45, 2.75) is 122 Å². The maximum absolute atomic E-state index is 13.9. The van der Waals surface area contributed by atoms with E-state index in [1.54, 1.807) is 26.2 Å². The maximum Gasteiger partial charge on any atom is 0.327 e. The third-order valence-electron chi connectivity index (χ3n) is 12.0. The van der Waals surface area contributed by atoms with Gasteiger partial charge in [0.05, 0.1) is 30.1 Å². The van der Waals surface area contributed by atoms with Gasteiger partial charge in [-0.3, -0.25) is 33.6 Å². The smallest absolute Gasteiger partial charge is 0.327 e. The molecule has 9 N–H and O–H groups in total. The summed E-state index contributed by atoms with van der Waals surface area (Å²) in [6.45, 7) is 12.6. The van der Waals surface area contributed by atoms with E-state index in [-0.39, 0.29) is 24.9 Å². The van der Waals surface area contributed by atoms with Crippen molar-refractivity contribution in [2.24, 2.45) is 17.8 Å². The molecule has 69 heavy (non-hydrogen) atoms. The Morgan fingerprint density at radius 1 is 0.841 bits per heavy atom. The lowest BCUT2D eigenvalue weighted by molar-refractivity contribution is -0.146. The van der Waals surface area contributed by atoms with Crippen LogP contribution >= 0.6 is 0 Å². The molecule has 11 atom stereocenters. The molecule has 1 aromatic rings. The number of aliphatic carboxylic acids is 2. The van der Waals surface area contributed by atoms with E-state index in [0.29, 0.717) is 12.0 Å². The highest BCUT2D eigenvalue weighted by atomic mass is 16.5. The molecule has 3 rings (SSSR count). The standard InChI is InChI=1S/C49H67N7O13/c1-26(23-27(2)39(69-9)25-33-13-11-10-12-14-33)15-20-36-28(3)42(59)53-37(48(65)66)21-22-40(58)56(8)32(7)46(63)51-31(6)45(62)54-38(24-34-16-18-35(57)19-17-34)47(64)55-41(49(67)68)29(4)43(60)50-30(5)44(61)52-36/h10-18,20,23,27-31,35-39,41,57H,7,19,21-22,24-25H2,1-6,8-9H3,(H,50,60)(H,51,63)(H,52,61)(H,53,59)(H,54,62)(H,55,64)(H,65,66)(H,67,68)/b20-15+,26-23+/t27-,28-,29-,30-,31+,35-,36?,37?,38-,39-,41+/m0/s1. The average Bonchev–Trinajstić information content (AvgIpc) is 3.31. The Bertz CT molecular complexity index is 2210. The van der Waals surface area contributed by atoms with Gasteiger partial charge in [0.15, 0.2) is 0 Å². The van der Waals surface area contributed by atoms with Gasteiger partial charge in [-0.25, -0.2) is 9.59 Å². The fourth-order valence-corrected chi connectivity index (χ4v) is 7.36. The Hall–Kier alpha value is -6.93. The number of carboxylic acids is 2. The van der Waals surface area contributed by atoms with Crippen LogP contribution in [0, 0.1) is 17.8 Å². The minimum Gasteiger partial charge on any atom is -0.480 e. The van der Waals surface area contributed by atoms with Crippen LogP contribution < -0.4 is 31.9 Å². The van der Waals surface area contributed by atoms with Gasteiger partial charge in [0, 0.05) is 32.9 Å². The second-order valence-electron chi connectivity index (χ2n) is 17.5. The molecule has 0 radical (unpaired) electrons. The van der Waals surface area contributed by atoms with E-state index >= 15 is 0 Å². The van der Waals surface area contributed by atoms with Crippen LogP contribution in [0.5, 0.6) is 0 Å². The zero-order valence-corrected chi connectivity index (χ0v) is 40.3. The normalized spacial score (nSPS) is 27.8. The number of benzene rings is 1. The summed E-state index contributed by atoms with van der Waals surface area (Å²) in [5, 5.41) is 45.0. The molecule has 0 aromatic heterocycles. The van der Waals surface area contributed by atoms with E-state index in [1.807, 2.05) is 43.3 Å². The van der Waals surface area contributed by atoms with Gasteiger partial charge in [-0.1, -0.05) is 99.7 Å². The van der Waals surface area contributed by atoms with Crippen LogP contribution in [-0.2, 0) is 54.3 Å². The summed E-state index contributed by atoms with van der Waals surface area (Å²) < 4.78 is 5.79. The molecule has 20 nitrogen and oxygen atoms in total. The number of nitrogens with one attached hydrogen (secondary N) is 6. The first-order valence-corrected chi connectivity index (χ1v) is 22.7. The van der Waals surface area contributed by atoms with Gasteiger partial charge >= 0.3 is 11.9 Å². The Kier molecular flexibility index (Phi) is 21.7. The van der Waals surface area contributed by atoms with Gasteiger partial charge in [0.2, 0.25) is 35.4 Å². The topological polar surface area (TPSA) is 299 Å². The summed E-state index contributed by atoms with van der Waals surface area (Å²) >= 11 is 0. The van der Waals surface area contributed by atoms with Crippen LogP contribution in [0.1, 0.15) is 72.8 Å². The second-order valence-corrected chi connectivity index (χ2v) is 17.5. The van der Waals surface area contributed by atoms with E-state index in [0.717, 1.165) is 16.0 Å². The van der Waals surface area contributed by atoms with E-state index in [2.05, 4.69) is 38.5 Å². The highest BCUT2D eigenvalue weighted by Crippen LogP contribution is 2.20. The molecule has 1 aliphatic carbocycles. The molecule has 20 heteroatoms. The van der Waals surface area contributed by atoms with Crippen LogP contribution in [-0.4, -0.2) is 136 Å². The minimum atomic E-state index is -1.89. The van der Waals surface area contributed by atoms with Crippen LogP contribution in [0.25, 0.3) is 0 Å². The fraction of sp³-hybridized carbons (Fsp3) is 0.490. The van der Waals surface area contributed by atoms with Crippen molar-refractivity contribution >= 4 is 53.3 Å². The third-order valence-corrected chi connectivity index (χ3v) is 12.0. The molecule has 1 aliphatic heterocycles. The second kappa shape index (κ2) is 26.6. The number of rotatable bonds is 11. The lowest BCUT2D eigenvalue weighted by Crippen LogP contribution is -2.58. The van der Waals surface area contributed by atoms with Crippen LogP contribution in [0.4, 0.5) is 0 Å². The molecule has 0 bridgehead atoms. The first kappa shape index (κ1) is 56.4. The molecule has 2 unspecified atom stereocenters. The Balaban J connectivity index is 2.02. The quantitative estimate of drug-likeness (QED) is 0.111.